The summed E-state index contributed by atoms with van der Waals surface area (Å²) in [4.78, 5) is 41.5. The summed E-state index contributed by atoms with van der Waals surface area (Å²) in [6, 6.07) is 13.3. The van der Waals surface area contributed by atoms with Gasteiger partial charge in [-0.15, -0.1) is 22.7 Å². The normalized spacial score (nSPS) is 25.4. The van der Waals surface area contributed by atoms with Crippen molar-refractivity contribution in [3.63, 3.8) is 0 Å². The van der Waals surface area contributed by atoms with Crippen molar-refractivity contribution in [1.29, 1.82) is 0 Å². The lowest BCUT2D eigenvalue weighted by molar-refractivity contribution is -0.955. The van der Waals surface area contributed by atoms with Crippen LogP contribution in [-0.4, -0.2) is 107 Å². The molecule has 3 fully saturated rings. The van der Waals surface area contributed by atoms with Crippen LogP contribution < -0.4 is 21.5 Å². The minimum Gasteiger partial charge on any atom is -0.506 e. The number of urea groups is 1. The largest absolute Gasteiger partial charge is 0.506 e. The van der Waals surface area contributed by atoms with Crippen molar-refractivity contribution in [3.8, 4) is 5.75 Å². The summed E-state index contributed by atoms with van der Waals surface area (Å²) in [5.74, 6) is -0.679. The monoisotopic (exact) mass is 752 g/mol. The summed E-state index contributed by atoms with van der Waals surface area (Å²) < 4.78 is 12.8. The lowest BCUT2D eigenvalue weighted by Gasteiger charge is -2.48. The fraction of sp³-hybridized carbons (Fsp3) is 0.486. The number of aromatic hydroxyl groups is 1. The van der Waals surface area contributed by atoms with E-state index in [1.165, 1.54) is 34.8 Å². The third-order valence-electron chi connectivity index (χ3n) is 11.0. The van der Waals surface area contributed by atoms with Crippen LogP contribution in [0.5, 0.6) is 5.75 Å². The summed E-state index contributed by atoms with van der Waals surface area (Å²) in [6.45, 7) is 2.83. The fourth-order valence-electron chi connectivity index (χ4n) is 8.14. The number of epoxide rings is 1. The van der Waals surface area contributed by atoms with Gasteiger partial charge in [-0.1, -0.05) is 24.6 Å². The van der Waals surface area contributed by atoms with Crippen molar-refractivity contribution in [2.24, 2.45) is 0 Å². The molecule has 15 heteroatoms. The number of aliphatic hydroxyl groups excluding tert-OH is 1. The number of piperidine rings is 1. The van der Waals surface area contributed by atoms with Gasteiger partial charge in [-0.3, -0.25) is 4.79 Å². The van der Waals surface area contributed by atoms with Crippen molar-refractivity contribution in [3.05, 3.63) is 85.0 Å². The van der Waals surface area contributed by atoms with Gasteiger partial charge in [0.15, 0.2) is 0 Å². The van der Waals surface area contributed by atoms with Gasteiger partial charge in [-0.05, 0) is 60.0 Å². The number of fused-ring (bicyclic) bond motifs is 6. The first-order valence-electron chi connectivity index (χ1n) is 17.9. The topological polar surface area (TPSA) is 186 Å². The van der Waals surface area contributed by atoms with Gasteiger partial charge in [0.25, 0.3) is 0 Å². The van der Waals surface area contributed by atoms with Crippen molar-refractivity contribution < 1.29 is 38.9 Å². The van der Waals surface area contributed by atoms with Gasteiger partial charge in [-0.2, -0.15) is 0 Å². The number of phenolic OH excluding ortho intramolecular Hbond substituents is 1. The number of phenols is 1. The Hall–Kier alpha value is -3.83. The minimum atomic E-state index is -1.83. The molecule has 6 heterocycles. The van der Waals surface area contributed by atoms with E-state index in [1.807, 2.05) is 22.9 Å². The highest BCUT2D eigenvalue weighted by Crippen LogP contribution is 2.53. The van der Waals surface area contributed by atoms with Crippen LogP contribution in [0.3, 0.4) is 0 Å². The number of aromatic nitrogens is 1. The highest BCUT2D eigenvalue weighted by Gasteiger charge is 2.72. The lowest BCUT2D eigenvalue weighted by Crippen LogP contribution is -2.64. The number of rotatable bonds is 16. The van der Waals surface area contributed by atoms with Gasteiger partial charge in [0, 0.05) is 37.4 Å². The molecule has 3 aromatic heterocycles. The number of hydrogen-bond donors (Lipinski definition) is 7. The third kappa shape index (κ3) is 7.23. The molecule has 13 nitrogen and oxygen atoms in total. The Morgan fingerprint density at radius 2 is 1.65 bits per heavy atom. The van der Waals surface area contributed by atoms with E-state index in [1.54, 1.807) is 24.3 Å². The Kier molecular flexibility index (Phi) is 10.7. The molecule has 4 unspecified atom stereocenters. The number of aliphatic hydroxyl groups is 2. The van der Waals surface area contributed by atoms with E-state index in [2.05, 4.69) is 28.0 Å². The number of likely N-dealkylation sites (N-methyl/N-ethyl adjacent to an activating group) is 1. The number of nitrogens with zero attached hydrogens (tertiary/aromatic N) is 1. The molecule has 0 spiro atoms. The number of unbranched alkanes of at least 4 members (excludes halogenated alkanes) is 2. The molecule has 7 rings (SSSR count). The van der Waals surface area contributed by atoms with Gasteiger partial charge in [-0.25, -0.2) is 9.59 Å². The molecule has 0 aliphatic carbocycles. The van der Waals surface area contributed by atoms with Crippen LogP contribution in [0.25, 0.3) is 10.9 Å². The first-order chi connectivity index (χ1) is 25.1. The number of carbonyl (C=O) groups excluding carboxylic acids is 2. The molecule has 0 radical (unpaired) electrons. The van der Waals surface area contributed by atoms with Gasteiger partial charge < -0.3 is 50.2 Å². The maximum atomic E-state index is 13.6. The number of nitrogens with one attached hydrogen (secondary N) is 4. The summed E-state index contributed by atoms with van der Waals surface area (Å²) in [5, 5.41) is 45.9. The zero-order valence-electron chi connectivity index (χ0n) is 29.0. The number of thiophene rings is 2. The van der Waals surface area contributed by atoms with Gasteiger partial charge >= 0.3 is 12.0 Å². The maximum absolute atomic E-state index is 13.6. The van der Waals surface area contributed by atoms with Crippen LogP contribution in [0, 0.1) is 0 Å². The van der Waals surface area contributed by atoms with Crippen molar-refractivity contribution in [2.45, 2.75) is 74.2 Å². The first-order valence-corrected chi connectivity index (χ1v) is 19.6. The molecule has 3 aliphatic heterocycles. The fourth-order valence-corrected chi connectivity index (χ4v) is 9.85. The highest BCUT2D eigenvalue weighted by atomic mass is 32.1. The van der Waals surface area contributed by atoms with E-state index >= 15 is 0 Å². The standard InChI is InChI=1S/C37H45N5O8S2/c1-42(25-19-22(20-26(42)34-33(25)50-34)49-35(46)37(48,29-7-5-17-51-29)30-8-6-18-52-30)16-15-40-36(47)39-14-4-2-3-13-38-21-28(44)23-9-11-27(43)32-24(23)10-12-31(45)41-32/h5-12,17-18,22,25-26,28,33-34,38,44,48H,2-4,13-16,19-21H2,1H3,(H3-,39,40,41,43,45,47)/p+1/t22?,25?,26?,28-,33?,34?,42?/m0/s1. The second-order valence-corrected chi connectivity index (χ2v) is 16.1. The zero-order valence-corrected chi connectivity index (χ0v) is 30.6. The molecule has 0 saturated carbocycles. The molecule has 7 N–H and O–H groups in total. The predicted molar refractivity (Wildman–Crippen MR) is 197 cm³/mol. The number of carbonyl (C=O) groups is 2. The Labute approximate surface area is 309 Å². The summed E-state index contributed by atoms with van der Waals surface area (Å²) in [6.07, 6.45) is 3.00. The van der Waals surface area contributed by atoms with E-state index in [0.29, 0.717) is 65.2 Å². The molecular formula is C37H46N5O8S2+. The Balaban J connectivity index is 0.796. The number of ether oxygens (including phenoxy) is 2. The van der Waals surface area contributed by atoms with Crippen LogP contribution in [0.2, 0.25) is 0 Å². The van der Waals surface area contributed by atoms with Crippen LogP contribution in [-0.2, 0) is 19.9 Å². The summed E-state index contributed by atoms with van der Waals surface area (Å²) in [5.41, 5.74) is -1.21. The molecular weight excluding hydrogens is 707 g/mol. The molecule has 5 atom stereocenters. The van der Waals surface area contributed by atoms with Crippen LogP contribution in [0.15, 0.2) is 64.1 Å². The first kappa shape index (κ1) is 36.5. The Bertz CT molecular complexity index is 1870. The maximum Gasteiger partial charge on any atom is 0.349 e. The molecule has 3 saturated heterocycles. The Morgan fingerprint density at radius 3 is 2.33 bits per heavy atom. The van der Waals surface area contributed by atoms with E-state index in [0.717, 1.165) is 30.3 Å². The number of aromatic amines is 1. The van der Waals surface area contributed by atoms with Crippen LogP contribution >= 0.6 is 22.7 Å². The third-order valence-corrected chi connectivity index (χ3v) is 12.9. The SMILES string of the molecule is C[N+]1(CCNC(=O)NCCCCCNC[C@H](O)c2ccc(O)c3[nH]c(=O)ccc23)C2CC(OC(=O)C(O)(c3cccs3)c3cccs3)CC1C1OC12. The number of benzene rings is 1. The number of pyridine rings is 1. The molecule has 3 aliphatic rings. The average Bonchev–Trinajstić information content (AvgIpc) is 3.42. The molecule has 4 aromatic rings. The van der Waals surface area contributed by atoms with Gasteiger partial charge in [0.05, 0.1) is 41.5 Å². The lowest BCUT2D eigenvalue weighted by atomic mass is 9.94. The highest BCUT2D eigenvalue weighted by molar-refractivity contribution is 7.12. The van der Waals surface area contributed by atoms with Crippen molar-refractivity contribution in [2.75, 3.05) is 39.8 Å². The number of morpholine rings is 1. The van der Waals surface area contributed by atoms with E-state index in [9.17, 15) is 29.7 Å². The molecule has 2 amide bonds. The van der Waals surface area contributed by atoms with E-state index in [4.69, 9.17) is 9.47 Å². The number of esters is 1. The van der Waals surface area contributed by atoms with Crippen LogP contribution in [0.4, 0.5) is 4.79 Å². The van der Waals surface area contributed by atoms with E-state index < -0.39 is 17.7 Å². The predicted octanol–water partition coefficient (Wildman–Crippen LogP) is 3.06. The number of quaternary nitrogens is 1. The van der Waals surface area contributed by atoms with E-state index in [-0.39, 0.29) is 47.7 Å². The molecule has 1 aromatic carbocycles. The van der Waals surface area contributed by atoms with Crippen LogP contribution in [0.1, 0.15) is 53.5 Å². The molecule has 2 bridgehead atoms. The van der Waals surface area contributed by atoms with Crippen molar-refractivity contribution in [1.82, 2.24) is 20.9 Å². The number of hydrogen-bond acceptors (Lipinski definition) is 11. The van der Waals surface area contributed by atoms with Gasteiger partial charge in [0.1, 0.15) is 36.1 Å². The van der Waals surface area contributed by atoms with Gasteiger partial charge in [0.2, 0.25) is 11.2 Å². The second-order valence-electron chi connectivity index (χ2n) is 14.2. The molecule has 278 valence electrons. The number of amides is 2. The quantitative estimate of drug-likeness (QED) is 0.0391. The smallest absolute Gasteiger partial charge is 0.349 e. The second kappa shape index (κ2) is 15.3. The summed E-state index contributed by atoms with van der Waals surface area (Å²) >= 11 is 2.66. The molecule has 52 heavy (non-hydrogen) atoms. The minimum absolute atomic E-state index is 0.0408. The Morgan fingerprint density at radius 1 is 0.981 bits per heavy atom. The number of H-pyrrole nitrogens is 1. The zero-order chi connectivity index (χ0) is 36.5. The average molecular weight is 753 g/mol. The summed E-state index contributed by atoms with van der Waals surface area (Å²) in [7, 11) is 2.21. The van der Waals surface area contributed by atoms with Crippen molar-refractivity contribution >= 4 is 45.6 Å².